The Morgan fingerprint density at radius 2 is 2.17 bits per heavy atom. The van der Waals surface area contributed by atoms with Gasteiger partial charge in [0.1, 0.15) is 5.75 Å². The summed E-state index contributed by atoms with van der Waals surface area (Å²) >= 11 is 6.74. The maximum Gasteiger partial charge on any atom is 0.229 e. The van der Waals surface area contributed by atoms with Gasteiger partial charge in [0, 0.05) is 5.92 Å². The predicted octanol–water partition coefficient (Wildman–Crippen LogP) is 4.09. The highest BCUT2D eigenvalue weighted by Gasteiger charge is 2.21. The van der Waals surface area contributed by atoms with E-state index >= 15 is 0 Å². The number of fused-ring (bicyclic) bond motifs is 1. The van der Waals surface area contributed by atoms with Crippen molar-refractivity contribution in [1.82, 2.24) is 10.3 Å². The van der Waals surface area contributed by atoms with E-state index < -0.39 is 0 Å². The fourth-order valence-corrected chi connectivity index (χ4v) is 4.08. The normalized spacial score (nSPS) is 15.2. The molecule has 128 valence electrons. The number of rotatable bonds is 4. The Balaban J connectivity index is 1.61. The minimum atomic E-state index is 0.0203. The van der Waals surface area contributed by atoms with Gasteiger partial charge in [-0.3, -0.25) is 4.79 Å². The number of hydrogen-bond donors (Lipinski definition) is 2. The lowest BCUT2D eigenvalue weighted by Gasteiger charge is -2.20. The standard InChI is InChI=1S/C17H21N3O2S2/c1-2-22-12-8-9-13-14(10-12)24-17(18-13)20-16(23)19-15(21)11-6-4-3-5-7-11/h8-11H,2-7H2,1H3,(H2,18,19,20,21,23). The van der Waals surface area contributed by atoms with Gasteiger partial charge in [0.2, 0.25) is 5.91 Å². The maximum absolute atomic E-state index is 12.2. The van der Waals surface area contributed by atoms with Gasteiger partial charge in [-0.05, 0) is 50.2 Å². The molecule has 0 aliphatic heterocycles. The zero-order valence-corrected chi connectivity index (χ0v) is 15.3. The van der Waals surface area contributed by atoms with Gasteiger partial charge in [-0.15, -0.1) is 0 Å². The molecule has 1 aliphatic carbocycles. The van der Waals surface area contributed by atoms with Gasteiger partial charge in [-0.2, -0.15) is 0 Å². The van der Waals surface area contributed by atoms with Crippen LogP contribution in [0.4, 0.5) is 5.13 Å². The highest BCUT2D eigenvalue weighted by Crippen LogP contribution is 2.29. The van der Waals surface area contributed by atoms with Crippen LogP contribution in [0.25, 0.3) is 10.2 Å². The van der Waals surface area contributed by atoms with Gasteiger partial charge in [0.25, 0.3) is 0 Å². The van der Waals surface area contributed by atoms with Crippen molar-refractivity contribution in [2.75, 3.05) is 11.9 Å². The summed E-state index contributed by atoms with van der Waals surface area (Å²) in [7, 11) is 0. The van der Waals surface area contributed by atoms with Crippen LogP contribution in [0.5, 0.6) is 5.75 Å². The molecular formula is C17H21N3O2S2. The van der Waals surface area contributed by atoms with Crippen molar-refractivity contribution in [3.05, 3.63) is 18.2 Å². The van der Waals surface area contributed by atoms with Crippen LogP contribution in [0.2, 0.25) is 0 Å². The summed E-state index contributed by atoms with van der Waals surface area (Å²) in [6.45, 7) is 2.59. The molecule has 1 aliphatic rings. The summed E-state index contributed by atoms with van der Waals surface area (Å²) in [5.41, 5.74) is 0.882. The number of carbonyl (C=O) groups excluding carboxylic acids is 1. The number of amides is 1. The van der Waals surface area contributed by atoms with E-state index in [0.717, 1.165) is 41.6 Å². The number of carbonyl (C=O) groups is 1. The number of anilines is 1. The van der Waals surface area contributed by atoms with Crippen LogP contribution in [0.3, 0.4) is 0 Å². The fraction of sp³-hybridized carbons (Fsp3) is 0.471. The van der Waals surface area contributed by atoms with E-state index in [2.05, 4.69) is 15.6 Å². The average molecular weight is 364 g/mol. The van der Waals surface area contributed by atoms with E-state index in [-0.39, 0.29) is 11.8 Å². The Bertz CT molecular complexity index is 739. The number of benzene rings is 1. The topological polar surface area (TPSA) is 63.2 Å². The first-order valence-electron chi connectivity index (χ1n) is 8.31. The van der Waals surface area contributed by atoms with Crippen LogP contribution >= 0.6 is 23.6 Å². The summed E-state index contributed by atoms with van der Waals surface area (Å²) < 4.78 is 6.52. The van der Waals surface area contributed by atoms with E-state index in [1.807, 2.05) is 25.1 Å². The lowest BCUT2D eigenvalue weighted by molar-refractivity contribution is -0.124. The van der Waals surface area contributed by atoms with Crippen molar-refractivity contribution in [3.63, 3.8) is 0 Å². The lowest BCUT2D eigenvalue weighted by atomic mass is 9.89. The third-order valence-corrected chi connectivity index (χ3v) is 5.24. The zero-order valence-electron chi connectivity index (χ0n) is 13.6. The molecule has 0 radical (unpaired) electrons. The van der Waals surface area contributed by atoms with E-state index in [4.69, 9.17) is 17.0 Å². The largest absolute Gasteiger partial charge is 0.494 e. The van der Waals surface area contributed by atoms with Crippen LogP contribution in [-0.2, 0) is 4.79 Å². The Morgan fingerprint density at radius 1 is 1.38 bits per heavy atom. The second kappa shape index (κ2) is 7.90. The Labute approximate surface area is 150 Å². The molecule has 0 bridgehead atoms. The van der Waals surface area contributed by atoms with Crippen LogP contribution < -0.4 is 15.4 Å². The third kappa shape index (κ3) is 4.21. The maximum atomic E-state index is 12.2. The Kier molecular flexibility index (Phi) is 5.63. The first-order chi connectivity index (χ1) is 11.7. The number of aromatic nitrogens is 1. The molecule has 0 saturated heterocycles. The molecule has 1 heterocycles. The summed E-state index contributed by atoms with van der Waals surface area (Å²) in [4.78, 5) is 16.7. The van der Waals surface area contributed by atoms with E-state index in [1.54, 1.807) is 0 Å². The SMILES string of the molecule is CCOc1ccc2nc(NC(=S)NC(=O)C3CCCCC3)sc2c1. The van der Waals surface area contributed by atoms with Crippen molar-refractivity contribution in [1.29, 1.82) is 0 Å². The second-order valence-corrected chi connectivity index (χ2v) is 7.30. The minimum Gasteiger partial charge on any atom is -0.494 e. The summed E-state index contributed by atoms with van der Waals surface area (Å²) in [6.07, 6.45) is 5.38. The van der Waals surface area contributed by atoms with Crippen LogP contribution in [0, 0.1) is 5.92 Å². The van der Waals surface area contributed by atoms with Gasteiger partial charge in [-0.25, -0.2) is 4.98 Å². The molecule has 5 nitrogen and oxygen atoms in total. The second-order valence-electron chi connectivity index (χ2n) is 5.86. The third-order valence-electron chi connectivity index (χ3n) is 4.10. The molecule has 0 unspecified atom stereocenters. The molecule has 24 heavy (non-hydrogen) atoms. The molecule has 7 heteroatoms. The molecule has 2 N–H and O–H groups in total. The van der Waals surface area contributed by atoms with Crippen LogP contribution in [-0.4, -0.2) is 22.6 Å². The van der Waals surface area contributed by atoms with Crippen LogP contribution in [0.1, 0.15) is 39.0 Å². The highest BCUT2D eigenvalue weighted by atomic mass is 32.1. The number of thiazole rings is 1. The first-order valence-corrected chi connectivity index (χ1v) is 9.53. The van der Waals surface area contributed by atoms with Crippen molar-refractivity contribution in [2.45, 2.75) is 39.0 Å². The molecule has 0 atom stereocenters. The van der Waals surface area contributed by atoms with Crippen molar-refractivity contribution in [3.8, 4) is 5.75 Å². The van der Waals surface area contributed by atoms with E-state index in [9.17, 15) is 4.79 Å². The Morgan fingerprint density at radius 3 is 2.92 bits per heavy atom. The number of nitrogens with one attached hydrogen (secondary N) is 2. The van der Waals surface area contributed by atoms with Gasteiger partial charge in [0.15, 0.2) is 10.2 Å². The summed E-state index contributed by atoms with van der Waals surface area (Å²) in [6, 6.07) is 5.79. The molecule has 2 aromatic rings. The van der Waals surface area contributed by atoms with Crippen molar-refractivity contribution >= 4 is 49.9 Å². The van der Waals surface area contributed by atoms with Gasteiger partial charge in [-0.1, -0.05) is 30.6 Å². The number of nitrogens with zero attached hydrogens (tertiary/aromatic N) is 1. The molecule has 0 spiro atoms. The zero-order chi connectivity index (χ0) is 16.9. The minimum absolute atomic E-state index is 0.0203. The van der Waals surface area contributed by atoms with E-state index in [0.29, 0.717) is 16.9 Å². The molecule has 1 fully saturated rings. The van der Waals surface area contributed by atoms with Gasteiger partial charge in [0.05, 0.1) is 16.8 Å². The molecule has 1 aromatic heterocycles. The first kappa shape index (κ1) is 17.1. The number of thiocarbonyl (C=S) groups is 1. The highest BCUT2D eigenvalue weighted by molar-refractivity contribution is 7.80. The van der Waals surface area contributed by atoms with Crippen molar-refractivity contribution < 1.29 is 9.53 Å². The molecule has 1 amide bonds. The van der Waals surface area contributed by atoms with Crippen molar-refractivity contribution in [2.24, 2.45) is 5.92 Å². The molecular weight excluding hydrogens is 342 g/mol. The molecule has 1 aromatic carbocycles. The summed E-state index contributed by atoms with van der Waals surface area (Å²) in [5.74, 6) is 0.933. The predicted molar refractivity (Wildman–Crippen MR) is 102 cm³/mol. The quantitative estimate of drug-likeness (QED) is 0.801. The van der Waals surface area contributed by atoms with Gasteiger partial charge < -0.3 is 15.4 Å². The monoisotopic (exact) mass is 363 g/mol. The number of ether oxygens (including phenoxy) is 1. The van der Waals surface area contributed by atoms with Crippen LogP contribution in [0.15, 0.2) is 18.2 Å². The lowest BCUT2D eigenvalue weighted by Crippen LogP contribution is -2.38. The van der Waals surface area contributed by atoms with E-state index in [1.165, 1.54) is 17.8 Å². The average Bonchev–Trinajstić information content (AvgIpc) is 2.97. The molecule has 1 saturated carbocycles. The smallest absolute Gasteiger partial charge is 0.229 e. The Hall–Kier alpha value is -1.73. The van der Waals surface area contributed by atoms with Gasteiger partial charge >= 0.3 is 0 Å². The fourth-order valence-electron chi connectivity index (χ4n) is 2.92. The number of hydrogen-bond acceptors (Lipinski definition) is 5. The summed E-state index contributed by atoms with van der Waals surface area (Å²) in [5, 5.41) is 6.80. The molecule has 3 rings (SSSR count).